The molecule has 3 rings (SSSR count). The van der Waals surface area contributed by atoms with Gasteiger partial charge in [-0.25, -0.2) is 4.39 Å². The van der Waals surface area contributed by atoms with Crippen molar-refractivity contribution >= 4 is 29.3 Å². The Morgan fingerprint density at radius 2 is 1.90 bits per heavy atom. The van der Waals surface area contributed by atoms with Crippen LogP contribution in [0.3, 0.4) is 0 Å². The summed E-state index contributed by atoms with van der Waals surface area (Å²) < 4.78 is 14.0. The summed E-state index contributed by atoms with van der Waals surface area (Å²) in [5.41, 5.74) is 1.00. The minimum atomic E-state index is -0.296. The van der Waals surface area contributed by atoms with Gasteiger partial charge in [0.1, 0.15) is 11.2 Å². The van der Waals surface area contributed by atoms with Gasteiger partial charge in [0.05, 0.1) is 10.6 Å². The summed E-state index contributed by atoms with van der Waals surface area (Å²) in [6.45, 7) is 0.591. The van der Waals surface area contributed by atoms with Crippen LogP contribution in [0.5, 0.6) is 0 Å². The lowest BCUT2D eigenvalue weighted by Crippen LogP contribution is -2.31. The number of nitrogens with zero attached hydrogens (tertiary/aromatic N) is 1. The predicted molar refractivity (Wildman–Crippen MR) is 84.1 cm³/mol. The summed E-state index contributed by atoms with van der Waals surface area (Å²) in [5, 5.41) is 0.127. The molecule has 1 amide bonds. The van der Waals surface area contributed by atoms with E-state index < -0.39 is 0 Å². The molecule has 2 nitrogen and oxygen atoms in total. The van der Waals surface area contributed by atoms with Crippen molar-refractivity contribution in [1.29, 1.82) is 0 Å². The molecule has 0 aliphatic carbocycles. The predicted octanol–water partition coefficient (Wildman–Crippen LogP) is 4.37. The Morgan fingerprint density at radius 1 is 1.19 bits per heavy atom. The fraction of sp³-hybridized carbons (Fsp3) is 0.188. The lowest BCUT2D eigenvalue weighted by atomic mass is 10.1. The van der Waals surface area contributed by atoms with Gasteiger partial charge in [0.15, 0.2) is 0 Å². The largest absolute Gasteiger partial charge is 0.322 e. The van der Waals surface area contributed by atoms with Gasteiger partial charge in [-0.05, 0) is 18.2 Å². The van der Waals surface area contributed by atoms with Crippen molar-refractivity contribution in [3.05, 3.63) is 70.5 Å². The third-order valence-corrected chi connectivity index (χ3v) is 5.00. The zero-order valence-electron chi connectivity index (χ0n) is 11.1. The standard InChI is InChI=1S/C16H13ClFNOS/c17-13-7-3-1-5-11(13)15(20)19-9-10-21-16(19)12-6-2-4-8-14(12)18/h1-8,16H,9-10H2/t16-/m0/s1. The highest BCUT2D eigenvalue weighted by atomic mass is 35.5. The van der Waals surface area contributed by atoms with E-state index >= 15 is 0 Å². The second-order valence-corrected chi connectivity index (χ2v) is 6.32. The number of carbonyl (C=O) groups is 1. The molecule has 0 unspecified atom stereocenters. The van der Waals surface area contributed by atoms with E-state index in [1.54, 1.807) is 59.1 Å². The van der Waals surface area contributed by atoms with Crippen LogP contribution in [0.4, 0.5) is 4.39 Å². The number of carbonyl (C=O) groups excluding carboxylic acids is 1. The molecule has 1 aliphatic rings. The second-order valence-electron chi connectivity index (χ2n) is 4.72. The van der Waals surface area contributed by atoms with Crippen molar-refractivity contribution in [2.75, 3.05) is 12.3 Å². The smallest absolute Gasteiger partial charge is 0.256 e. The van der Waals surface area contributed by atoms with Crippen LogP contribution in [0.25, 0.3) is 0 Å². The second kappa shape index (κ2) is 6.08. The molecule has 1 fully saturated rings. The van der Waals surface area contributed by atoms with Crippen molar-refractivity contribution in [3.63, 3.8) is 0 Å². The molecule has 21 heavy (non-hydrogen) atoms. The molecule has 108 valence electrons. The van der Waals surface area contributed by atoms with E-state index in [9.17, 15) is 9.18 Å². The van der Waals surface area contributed by atoms with E-state index in [4.69, 9.17) is 11.6 Å². The molecule has 1 atom stereocenters. The molecule has 1 heterocycles. The van der Waals surface area contributed by atoms with Gasteiger partial charge < -0.3 is 4.90 Å². The summed E-state index contributed by atoms with van der Waals surface area (Å²) >= 11 is 7.66. The molecule has 2 aromatic rings. The first kappa shape index (κ1) is 14.4. The first-order valence-electron chi connectivity index (χ1n) is 6.60. The van der Waals surface area contributed by atoms with Crippen LogP contribution in [0.15, 0.2) is 48.5 Å². The van der Waals surface area contributed by atoms with Crippen LogP contribution in [0, 0.1) is 5.82 Å². The maximum atomic E-state index is 14.0. The average molecular weight is 322 g/mol. The normalized spacial score (nSPS) is 18.0. The summed E-state index contributed by atoms with van der Waals surface area (Å²) in [5.74, 6) is 0.350. The highest BCUT2D eigenvalue weighted by Gasteiger charge is 2.33. The van der Waals surface area contributed by atoms with E-state index in [0.29, 0.717) is 22.7 Å². The zero-order chi connectivity index (χ0) is 14.8. The van der Waals surface area contributed by atoms with E-state index in [0.717, 1.165) is 5.75 Å². The minimum absolute atomic E-state index is 0.154. The molecule has 0 saturated carbocycles. The maximum Gasteiger partial charge on any atom is 0.256 e. The molecule has 1 saturated heterocycles. The minimum Gasteiger partial charge on any atom is -0.322 e. The molecular weight excluding hydrogens is 309 g/mol. The lowest BCUT2D eigenvalue weighted by Gasteiger charge is -2.24. The fourth-order valence-corrected chi connectivity index (χ4v) is 3.89. The Hall–Kier alpha value is -1.52. The van der Waals surface area contributed by atoms with E-state index in [2.05, 4.69) is 0 Å². The fourth-order valence-electron chi connectivity index (χ4n) is 2.40. The molecular formula is C16H13ClFNOS. The van der Waals surface area contributed by atoms with Crippen molar-refractivity contribution in [1.82, 2.24) is 4.90 Å². The summed E-state index contributed by atoms with van der Waals surface area (Å²) in [7, 11) is 0. The highest BCUT2D eigenvalue weighted by molar-refractivity contribution is 7.99. The molecule has 5 heteroatoms. The van der Waals surface area contributed by atoms with Crippen LogP contribution in [-0.4, -0.2) is 23.1 Å². The number of amides is 1. The number of hydrogen-bond acceptors (Lipinski definition) is 2. The Balaban J connectivity index is 1.93. The number of thioether (sulfide) groups is 1. The number of rotatable bonds is 2. The Kier molecular flexibility index (Phi) is 4.17. The van der Waals surface area contributed by atoms with Crippen molar-refractivity contribution in [2.24, 2.45) is 0 Å². The van der Waals surface area contributed by atoms with E-state index in [1.165, 1.54) is 6.07 Å². The molecule has 1 aliphatic heterocycles. The number of halogens is 2. The van der Waals surface area contributed by atoms with Crippen molar-refractivity contribution < 1.29 is 9.18 Å². The van der Waals surface area contributed by atoms with Crippen LogP contribution in [0.2, 0.25) is 5.02 Å². The first-order valence-corrected chi connectivity index (χ1v) is 8.02. The van der Waals surface area contributed by atoms with Gasteiger partial charge in [-0.15, -0.1) is 11.8 Å². The van der Waals surface area contributed by atoms with Gasteiger partial charge in [0.2, 0.25) is 0 Å². The maximum absolute atomic E-state index is 14.0. The topological polar surface area (TPSA) is 20.3 Å². The summed E-state index contributed by atoms with van der Waals surface area (Å²) in [4.78, 5) is 14.4. The van der Waals surface area contributed by atoms with Crippen LogP contribution >= 0.6 is 23.4 Å². The SMILES string of the molecule is O=C(c1ccccc1Cl)N1CCS[C@H]1c1ccccc1F. The summed E-state index contributed by atoms with van der Waals surface area (Å²) in [6, 6.07) is 13.5. The molecule has 0 aromatic heterocycles. The monoisotopic (exact) mass is 321 g/mol. The van der Waals surface area contributed by atoms with Gasteiger partial charge in [-0.2, -0.15) is 0 Å². The molecule has 0 N–H and O–H groups in total. The third kappa shape index (κ3) is 2.78. The summed E-state index contributed by atoms with van der Waals surface area (Å²) in [6.07, 6.45) is 0. The van der Waals surface area contributed by atoms with Gasteiger partial charge in [-0.1, -0.05) is 41.9 Å². The number of hydrogen-bond donors (Lipinski definition) is 0. The Bertz CT molecular complexity index is 679. The molecule has 2 aromatic carbocycles. The first-order chi connectivity index (χ1) is 10.2. The highest BCUT2D eigenvalue weighted by Crippen LogP contribution is 2.40. The molecule has 0 bridgehead atoms. The third-order valence-electron chi connectivity index (χ3n) is 3.43. The van der Waals surface area contributed by atoms with Gasteiger partial charge in [0.25, 0.3) is 5.91 Å². The molecule has 0 radical (unpaired) electrons. The van der Waals surface area contributed by atoms with Crippen LogP contribution in [-0.2, 0) is 0 Å². The van der Waals surface area contributed by atoms with Gasteiger partial charge in [0, 0.05) is 17.9 Å². The van der Waals surface area contributed by atoms with E-state index in [1.807, 2.05) is 0 Å². The zero-order valence-corrected chi connectivity index (χ0v) is 12.7. The van der Waals surface area contributed by atoms with Crippen molar-refractivity contribution in [3.8, 4) is 0 Å². The van der Waals surface area contributed by atoms with Gasteiger partial charge in [-0.3, -0.25) is 4.79 Å². The average Bonchev–Trinajstić information content (AvgIpc) is 2.97. The molecule has 0 spiro atoms. The quantitative estimate of drug-likeness (QED) is 0.818. The van der Waals surface area contributed by atoms with Crippen molar-refractivity contribution in [2.45, 2.75) is 5.37 Å². The lowest BCUT2D eigenvalue weighted by molar-refractivity contribution is 0.0759. The number of benzene rings is 2. The Labute approximate surface area is 131 Å². The Morgan fingerprint density at radius 3 is 2.67 bits per heavy atom. The van der Waals surface area contributed by atoms with E-state index in [-0.39, 0.29) is 17.1 Å². The van der Waals surface area contributed by atoms with Crippen LogP contribution in [0.1, 0.15) is 21.3 Å². The van der Waals surface area contributed by atoms with Gasteiger partial charge >= 0.3 is 0 Å². The van der Waals surface area contributed by atoms with Crippen LogP contribution < -0.4 is 0 Å².